The normalized spacial score (nSPS) is 26.9. The number of carbonyl (C=O) groups excluding carboxylic acids is 1. The van der Waals surface area contributed by atoms with Crippen LogP contribution < -0.4 is 0 Å². The van der Waals surface area contributed by atoms with Gasteiger partial charge < -0.3 is 4.74 Å². The van der Waals surface area contributed by atoms with Gasteiger partial charge in [-0.15, -0.1) is 0 Å². The van der Waals surface area contributed by atoms with Gasteiger partial charge in [-0.05, 0) is 13.3 Å². The molecule has 4 heteroatoms. The van der Waals surface area contributed by atoms with E-state index >= 15 is 0 Å². The Morgan fingerprint density at radius 2 is 2.27 bits per heavy atom. The van der Waals surface area contributed by atoms with Crippen molar-refractivity contribution >= 4 is 5.97 Å². The molecular weight excluding hydrogens is 194 g/mol. The van der Waals surface area contributed by atoms with Gasteiger partial charge in [0.2, 0.25) is 0 Å². The molecule has 0 aliphatic carbocycles. The van der Waals surface area contributed by atoms with Crippen molar-refractivity contribution in [3.05, 3.63) is 0 Å². The van der Waals surface area contributed by atoms with Crippen LogP contribution in [0.4, 0.5) is 0 Å². The van der Waals surface area contributed by atoms with E-state index in [1.807, 2.05) is 6.92 Å². The number of nitrogens with zero attached hydrogens (tertiary/aromatic N) is 1. The number of hydrogen-bond acceptors (Lipinski definition) is 4. The first-order valence-electron chi connectivity index (χ1n) is 5.75. The average Bonchev–Trinajstić information content (AvgIpc) is 2.57. The van der Waals surface area contributed by atoms with E-state index in [0.29, 0.717) is 6.61 Å². The Balaban J connectivity index is 2.38. The van der Waals surface area contributed by atoms with Gasteiger partial charge in [0.05, 0.1) is 12.7 Å². The molecule has 0 radical (unpaired) electrons. The lowest BCUT2D eigenvalue weighted by Crippen LogP contribution is -2.33. The topological polar surface area (TPSA) is 38.8 Å². The summed E-state index contributed by atoms with van der Waals surface area (Å²) in [5, 5.41) is 1.64. The highest BCUT2D eigenvalue weighted by Crippen LogP contribution is 2.23. The Kier molecular flexibility index (Phi) is 5.05. The minimum absolute atomic E-state index is 0.168. The number of hydrogen-bond donors (Lipinski definition) is 0. The quantitative estimate of drug-likeness (QED) is 0.655. The van der Waals surface area contributed by atoms with Crippen LogP contribution in [0.25, 0.3) is 0 Å². The molecular formula is C11H21NO3. The zero-order chi connectivity index (χ0) is 11.3. The molecule has 1 heterocycles. The monoisotopic (exact) mass is 215 g/mol. The van der Waals surface area contributed by atoms with Crippen molar-refractivity contribution in [3.8, 4) is 0 Å². The van der Waals surface area contributed by atoms with Crippen LogP contribution >= 0.6 is 0 Å². The molecule has 0 spiro atoms. The molecule has 0 amide bonds. The van der Waals surface area contributed by atoms with Crippen molar-refractivity contribution in [3.63, 3.8) is 0 Å². The highest BCUT2D eigenvalue weighted by molar-refractivity contribution is 5.75. The Labute approximate surface area is 91.5 Å². The highest BCUT2D eigenvalue weighted by Gasteiger charge is 2.36. The summed E-state index contributed by atoms with van der Waals surface area (Å²) in [5.41, 5.74) is 0. The molecule has 1 saturated heterocycles. The SMILES string of the molecule is CCCC[C@H]1C[C@H](C(=O)OCC)N(C)O1. The molecule has 0 saturated carbocycles. The third-order valence-corrected chi connectivity index (χ3v) is 2.68. The lowest BCUT2D eigenvalue weighted by atomic mass is 10.1. The Morgan fingerprint density at radius 1 is 1.53 bits per heavy atom. The van der Waals surface area contributed by atoms with Crippen LogP contribution in [-0.2, 0) is 14.4 Å². The molecule has 0 aromatic heterocycles. The molecule has 1 aliphatic heterocycles. The average molecular weight is 215 g/mol. The van der Waals surface area contributed by atoms with Gasteiger partial charge in [-0.25, -0.2) is 0 Å². The molecule has 0 aromatic rings. The van der Waals surface area contributed by atoms with Crippen LogP contribution in [0, 0.1) is 0 Å². The summed E-state index contributed by atoms with van der Waals surface area (Å²) in [5.74, 6) is -0.168. The van der Waals surface area contributed by atoms with E-state index in [4.69, 9.17) is 9.57 Å². The number of hydroxylamine groups is 2. The summed E-state index contributed by atoms with van der Waals surface area (Å²) in [6.07, 6.45) is 4.28. The number of carbonyl (C=O) groups is 1. The van der Waals surface area contributed by atoms with Crippen molar-refractivity contribution in [2.24, 2.45) is 0 Å². The van der Waals surface area contributed by atoms with Crippen molar-refractivity contribution in [1.29, 1.82) is 0 Å². The number of esters is 1. The first kappa shape index (κ1) is 12.5. The molecule has 0 unspecified atom stereocenters. The van der Waals surface area contributed by atoms with Gasteiger partial charge in [0, 0.05) is 13.5 Å². The van der Waals surface area contributed by atoms with Gasteiger partial charge in [0.15, 0.2) is 0 Å². The number of likely N-dealkylation sites (N-methyl/N-ethyl adjacent to an activating group) is 1. The zero-order valence-corrected chi connectivity index (χ0v) is 9.86. The molecule has 0 N–H and O–H groups in total. The van der Waals surface area contributed by atoms with Crippen LogP contribution in [0.15, 0.2) is 0 Å². The first-order chi connectivity index (χ1) is 7.19. The summed E-state index contributed by atoms with van der Waals surface area (Å²) in [7, 11) is 1.80. The largest absolute Gasteiger partial charge is 0.465 e. The van der Waals surface area contributed by atoms with Crippen molar-refractivity contribution in [2.45, 2.75) is 51.7 Å². The van der Waals surface area contributed by atoms with E-state index in [-0.39, 0.29) is 18.1 Å². The third-order valence-electron chi connectivity index (χ3n) is 2.68. The molecule has 0 bridgehead atoms. The van der Waals surface area contributed by atoms with Gasteiger partial charge in [-0.3, -0.25) is 9.63 Å². The molecule has 1 rings (SSSR count). The van der Waals surface area contributed by atoms with E-state index in [2.05, 4.69) is 6.92 Å². The van der Waals surface area contributed by atoms with E-state index < -0.39 is 0 Å². The Hall–Kier alpha value is -0.610. The molecule has 0 aromatic carbocycles. The van der Waals surface area contributed by atoms with Crippen LogP contribution in [0.1, 0.15) is 39.5 Å². The van der Waals surface area contributed by atoms with Gasteiger partial charge in [0.1, 0.15) is 6.04 Å². The maximum Gasteiger partial charge on any atom is 0.325 e. The smallest absolute Gasteiger partial charge is 0.325 e. The summed E-state index contributed by atoms with van der Waals surface area (Å²) >= 11 is 0. The van der Waals surface area contributed by atoms with Crippen LogP contribution in [0.5, 0.6) is 0 Å². The van der Waals surface area contributed by atoms with Gasteiger partial charge in [-0.2, -0.15) is 5.06 Å². The summed E-state index contributed by atoms with van der Waals surface area (Å²) in [6.45, 7) is 4.41. The number of ether oxygens (including phenoxy) is 1. The summed E-state index contributed by atoms with van der Waals surface area (Å²) < 4.78 is 4.99. The lowest BCUT2D eigenvalue weighted by molar-refractivity contribution is -0.172. The Morgan fingerprint density at radius 3 is 2.87 bits per heavy atom. The zero-order valence-electron chi connectivity index (χ0n) is 9.86. The van der Waals surface area contributed by atoms with Crippen molar-refractivity contribution in [2.75, 3.05) is 13.7 Å². The predicted molar refractivity (Wildman–Crippen MR) is 57.2 cm³/mol. The summed E-state index contributed by atoms with van der Waals surface area (Å²) in [4.78, 5) is 17.1. The minimum atomic E-state index is -0.216. The van der Waals surface area contributed by atoms with Crippen LogP contribution in [0.2, 0.25) is 0 Å². The van der Waals surface area contributed by atoms with Gasteiger partial charge in [0.25, 0.3) is 0 Å². The fraction of sp³-hybridized carbons (Fsp3) is 0.909. The maximum absolute atomic E-state index is 11.5. The number of rotatable bonds is 5. The standard InChI is InChI=1S/C11H21NO3/c1-4-6-7-9-8-10(12(3)15-9)11(13)14-5-2/h9-10H,4-8H2,1-3H3/t9-,10+/m0/s1. The molecule has 1 fully saturated rings. The predicted octanol–water partition coefficient (Wildman–Crippen LogP) is 1.74. The van der Waals surface area contributed by atoms with E-state index in [9.17, 15) is 4.79 Å². The second kappa shape index (κ2) is 6.08. The molecule has 2 atom stereocenters. The van der Waals surface area contributed by atoms with Crippen LogP contribution in [0.3, 0.4) is 0 Å². The molecule has 15 heavy (non-hydrogen) atoms. The van der Waals surface area contributed by atoms with Crippen molar-refractivity contribution < 1.29 is 14.4 Å². The van der Waals surface area contributed by atoms with E-state index in [1.54, 1.807) is 12.1 Å². The van der Waals surface area contributed by atoms with Gasteiger partial charge >= 0.3 is 5.97 Å². The first-order valence-corrected chi connectivity index (χ1v) is 5.75. The van der Waals surface area contributed by atoms with E-state index in [1.165, 1.54) is 0 Å². The second-order valence-electron chi connectivity index (χ2n) is 3.92. The number of unbranched alkanes of at least 4 members (excludes halogenated alkanes) is 1. The van der Waals surface area contributed by atoms with E-state index in [0.717, 1.165) is 25.7 Å². The highest BCUT2D eigenvalue weighted by atomic mass is 16.7. The third kappa shape index (κ3) is 3.47. The van der Waals surface area contributed by atoms with Crippen LogP contribution in [-0.4, -0.2) is 36.8 Å². The second-order valence-corrected chi connectivity index (χ2v) is 3.92. The fourth-order valence-corrected chi connectivity index (χ4v) is 1.83. The minimum Gasteiger partial charge on any atom is -0.465 e. The summed E-state index contributed by atoms with van der Waals surface area (Å²) in [6, 6.07) is -0.216. The van der Waals surface area contributed by atoms with Gasteiger partial charge in [-0.1, -0.05) is 19.8 Å². The lowest BCUT2D eigenvalue weighted by Gasteiger charge is -2.15. The molecule has 88 valence electrons. The fourth-order valence-electron chi connectivity index (χ4n) is 1.83. The maximum atomic E-state index is 11.5. The van der Waals surface area contributed by atoms with Crippen molar-refractivity contribution in [1.82, 2.24) is 5.06 Å². The molecule has 4 nitrogen and oxygen atoms in total. The Bertz CT molecular complexity index is 208. The molecule has 1 aliphatic rings.